The highest BCUT2D eigenvalue weighted by Crippen LogP contribution is 2.33. The molecular weight excluding hydrogens is 302 g/mol. The first-order valence-electron chi connectivity index (χ1n) is 7.38. The number of amides is 1. The lowest BCUT2D eigenvalue weighted by molar-refractivity contribution is -0.119. The van der Waals surface area contributed by atoms with Crippen molar-refractivity contribution in [2.45, 2.75) is 51.5 Å². The van der Waals surface area contributed by atoms with Gasteiger partial charge < -0.3 is 15.8 Å². The van der Waals surface area contributed by atoms with Crippen LogP contribution in [-0.2, 0) is 14.9 Å². The molecule has 1 aromatic heterocycles. The van der Waals surface area contributed by atoms with E-state index in [9.17, 15) is 9.59 Å². The molecule has 1 aliphatic carbocycles. The quantitative estimate of drug-likeness (QED) is 0.832. The number of rotatable bonds is 3. The smallest absolute Gasteiger partial charge is 0.350 e. The van der Waals surface area contributed by atoms with Crippen molar-refractivity contribution >= 4 is 28.3 Å². The topological polar surface area (TPSA) is 94.3 Å². The Hall–Kier alpha value is -1.47. The lowest BCUT2D eigenvalue weighted by Crippen LogP contribution is -2.23. The SMILES string of the molecule is COC(=O)c1sc(NC(=O)C2CCC(N)C2)nc1C(C)(C)C. The first kappa shape index (κ1) is 16.9. The zero-order valence-electron chi connectivity index (χ0n) is 13.4. The fraction of sp³-hybridized carbons (Fsp3) is 0.667. The third-order valence-corrected chi connectivity index (χ3v) is 4.73. The highest BCUT2D eigenvalue weighted by molar-refractivity contribution is 7.17. The maximum atomic E-state index is 12.3. The molecule has 1 saturated carbocycles. The zero-order chi connectivity index (χ0) is 16.5. The van der Waals surface area contributed by atoms with Gasteiger partial charge >= 0.3 is 5.97 Å². The molecule has 3 N–H and O–H groups in total. The summed E-state index contributed by atoms with van der Waals surface area (Å²) in [5.74, 6) is -0.567. The second-order valence-corrected chi connectivity index (χ2v) is 7.70. The number of nitrogens with one attached hydrogen (secondary N) is 1. The molecule has 0 saturated heterocycles. The van der Waals surface area contributed by atoms with Crippen LogP contribution in [0, 0.1) is 5.92 Å². The number of hydrogen-bond donors (Lipinski definition) is 2. The lowest BCUT2D eigenvalue weighted by atomic mass is 9.91. The van der Waals surface area contributed by atoms with Crippen molar-refractivity contribution in [1.29, 1.82) is 0 Å². The summed E-state index contributed by atoms with van der Waals surface area (Å²) < 4.78 is 4.81. The Labute approximate surface area is 134 Å². The van der Waals surface area contributed by atoms with Crippen molar-refractivity contribution in [3.05, 3.63) is 10.6 Å². The van der Waals surface area contributed by atoms with Crippen LogP contribution in [0.25, 0.3) is 0 Å². The Kier molecular flexibility index (Phi) is 4.87. The Balaban J connectivity index is 2.20. The van der Waals surface area contributed by atoms with Gasteiger partial charge in [-0.2, -0.15) is 0 Å². The number of methoxy groups -OCH3 is 1. The van der Waals surface area contributed by atoms with Crippen LogP contribution in [-0.4, -0.2) is 30.0 Å². The van der Waals surface area contributed by atoms with Crippen LogP contribution < -0.4 is 11.1 Å². The molecule has 1 fully saturated rings. The highest BCUT2D eigenvalue weighted by atomic mass is 32.1. The minimum atomic E-state index is -0.425. The summed E-state index contributed by atoms with van der Waals surface area (Å²) in [4.78, 5) is 29.0. The van der Waals surface area contributed by atoms with Crippen LogP contribution in [0.15, 0.2) is 0 Å². The second-order valence-electron chi connectivity index (χ2n) is 6.70. The summed E-state index contributed by atoms with van der Waals surface area (Å²) in [5, 5.41) is 3.26. The third-order valence-electron chi connectivity index (χ3n) is 3.78. The van der Waals surface area contributed by atoms with Crippen molar-refractivity contribution in [3.8, 4) is 0 Å². The van der Waals surface area contributed by atoms with E-state index in [0.717, 1.165) is 24.2 Å². The molecule has 1 heterocycles. The Bertz CT molecular complexity index is 577. The van der Waals surface area contributed by atoms with Gasteiger partial charge in [-0.3, -0.25) is 4.79 Å². The summed E-state index contributed by atoms with van der Waals surface area (Å²) in [7, 11) is 1.34. The molecule has 1 amide bonds. The highest BCUT2D eigenvalue weighted by Gasteiger charge is 2.31. The minimum absolute atomic E-state index is 0.0708. The number of anilines is 1. The summed E-state index contributed by atoms with van der Waals surface area (Å²) in [6, 6.07) is 0.0998. The van der Waals surface area contributed by atoms with Crippen molar-refractivity contribution in [2.75, 3.05) is 12.4 Å². The van der Waals surface area contributed by atoms with Crippen LogP contribution in [0.3, 0.4) is 0 Å². The molecule has 2 rings (SSSR count). The van der Waals surface area contributed by atoms with Gasteiger partial charge in [0.2, 0.25) is 5.91 Å². The van der Waals surface area contributed by atoms with E-state index >= 15 is 0 Å². The van der Waals surface area contributed by atoms with E-state index in [1.54, 1.807) is 0 Å². The van der Waals surface area contributed by atoms with Gasteiger partial charge in [0.1, 0.15) is 4.88 Å². The number of hydrogen-bond acceptors (Lipinski definition) is 6. The number of carbonyl (C=O) groups is 2. The number of ether oxygens (including phenoxy) is 1. The Morgan fingerprint density at radius 2 is 2.05 bits per heavy atom. The Morgan fingerprint density at radius 3 is 2.55 bits per heavy atom. The summed E-state index contributed by atoms with van der Waals surface area (Å²) in [6.45, 7) is 5.91. The molecule has 6 nitrogen and oxygen atoms in total. The molecule has 0 aliphatic heterocycles. The second kappa shape index (κ2) is 6.34. The van der Waals surface area contributed by atoms with Gasteiger partial charge in [-0.05, 0) is 19.3 Å². The van der Waals surface area contributed by atoms with E-state index in [4.69, 9.17) is 10.5 Å². The molecule has 0 bridgehead atoms. The lowest BCUT2D eigenvalue weighted by Gasteiger charge is -2.16. The third kappa shape index (κ3) is 3.64. The van der Waals surface area contributed by atoms with Crippen molar-refractivity contribution < 1.29 is 14.3 Å². The van der Waals surface area contributed by atoms with E-state index in [1.165, 1.54) is 7.11 Å². The van der Waals surface area contributed by atoms with Gasteiger partial charge in [0, 0.05) is 17.4 Å². The average Bonchev–Trinajstić information content (AvgIpc) is 3.03. The van der Waals surface area contributed by atoms with Crippen LogP contribution in [0.5, 0.6) is 0 Å². The predicted octanol–water partition coefficient (Wildman–Crippen LogP) is 2.29. The number of esters is 1. The standard InChI is InChI=1S/C15H23N3O3S/c1-15(2,3)11-10(13(20)21-4)22-14(17-11)18-12(19)8-5-6-9(16)7-8/h8-9H,5-7,16H2,1-4H3,(H,17,18,19). The maximum absolute atomic E-state index is 12.3. The zero-order valence-corrected chi connectivity index (χ0v) is 14.3. The van der Waals surface area contributed by atoms with Crippen LogP contribution in [0.2, 0.25) is 0 Å². The molecule has 1 aromatic rings. The average molecular weight is 325 g/mol. The molecule has 0 spiro atoms. The summed E-state index contributed by atoms with van der Waals surface area (Å²) in [6.07, 6.45) is 2.37. The maximum Gasteiger partial charge on any atom is 0.350 e. The van der Waals surface area contributed by atoms with Gasteiger partial charge in [-0.1, -0.05) is 32.1 Å². The van der Waals surface area contributed by atoms with E-state index in [2.05, 4.69) is 10.3 Å². The van der Waals surface area contributed by atoms with E-state index in [0.29, 0.717) is 22.1 Å². The van der Waals surface area contributed by atoms with Crippen molar-refractivity contribution in [2.24, 2.45) is 11.7 Å². The van der Waals surface area contributed by atoms with Gasteiger partial charge in [-0.15, -0.1) is 0 Å². The van der Waals surface area contributed by atoms with Gasteiger partial charge in [0.15, 0.2) is 5.13 Å². The van der Waals surface area contributed by atoms with Crippen molar-refractivity contribution in [1.82, 2.24) is 4.98 Å². The molecule has 0 aromatic carbocycles. The van der Waals surface area contributed by atoms with E-state index < -0.39 is 5.97 Å². The fourth-order valence-corrected chi connectivity index (χ4v) is 3.67. The molecular formula is C15H23N3O3S. The molecule has 2 unspecified atom stereocenters. The summed E-state index contributed by atoms with van der Waals surface area (Å²) in [5.41, 5.74) is 6.18. The molecule has 7 heteroatoms. The summed E-state index contributed by atoms with van der Waals surface area (Å²) >= 11 is 1.16. The van der Waals surface area contributed by atoms with E-state index in [1.807, 2.05) is 20.8 Å². The number of carbonyl (C=O) groups excluding carboxylic acids is 2. The van der Waals surface area contributed by atoms with Crippen LogP contribution in [0.1, 0.15) is 55.4 Å². The first-order valence-corrected chi connectivity index (χ1v) is 8.20. The number of thiazole rings is 1. The van der Waals surface area contributed by atoms with E-state index in [-0.39, 0.29) is 23.3 Å². The number of nitrogens with zero attached hydrogens (tertiary/aromatic N) is 1. The molecule has 122 valence electrons. The number of nitrogens with two attached hydrogens (primary N) is 1. The first-order chi connectivity index (χ1) is 10.2. The molecule has 2 atom stereocenters. The number of aromatic nitrogens is 1. The Morgan fingerprint density at radius 1 is 1.36 bits per heavy atom. The minimum Gasteiger partial charge on any atom is -0.465 e. The van der Waals surface area contributed by atoms with Crippen LogP contribution >= 0.6 is 11.3 Å². The van der Waals surface area contributed by atoms with Crippen molar-refractivity contribution in [3.63, 3.8) is 0 Å². The normalized spacial score (nSPS) is 21.7. The largest absolute Gasteiger partial charge is 0.465 e. The van der Waals surface area contributed by atoms with Gasteiger partial charge in [0.25, 0.3) is 0 Å². The predicted molar refractivity (Wildman–Crippen MR) is 86.1 cm³/mol. The fourth-order valence-electron chi connectivity index (χ4n) is 2.57. The van der Waals surface area contributed by atoms with Gasteiger partial charge in [-0.25, -0.2) is 9.78 Å². The molecule has 22 heavy (non-hydrogen) atoms. The monoisotopic (exact) mass is 325 g/mol. The molecule has 1 aliphatic rings. The van der Waals surface area contributed by atoms with Crippen LogP contribution in [0.4, 0.5) is 5.13 Å². The molecule has 0 radical (unpaired) electrons. The van der Waals surface area contributed by atoms with Gasteiger partial charge in [0.05, 0.1) is 12.8 Å².